The second-order valence-electron chi connectivity index (χ2n) is 5.90. The van der Waals surface area contributed by atoms with Crippen molar-refractivity contribution in [1.29, 1.82) is 0 Å². The van der Waals surface area contributed by atoms with E-state index in [0.29, 0.717) is 17.0 Å². The second kappa shape index (κ2) is 7.05. The molecule has 3 aromatic carbocycles. The van der Waals surface area contributed by atoms with Crippen molar-refractivity contribution in [2.75, 3.05) is 0 Å². The van der Waals surface area contributed by atoms with Crippen molar-refractivity contribution in [3.8, 4) is 11.1 Å². The number of nitro groups is 1. The zero-order valence-corrected chi connectivity index (χ0v) is 14.8. The van der Waals surface area contributed by atoms with Gasteiger partial charge in [0.2, 0.25) is 5.89 Å². The molecule has 0 unspecified atom stereocenters. The molecule has 0 amide bonds. The standard InChI is InChI=1S/C21H13ClN2O3/c22-17-9-6-14(12-19(17)24(25)26)7-11-21-23-18-13-16(8-10-20(18)27-21)15-4-2-1-3-5-15/h1-13H. The Kier molecular flexibility index (Phi) is 4.44. The lowest BCUT2D eigenvalue weighted by Gasteiger charge is -1.99. The Morgan fingerprint density at radius 2 is 1.78 bits per heavy atom. The van der Waals surface area contributed by atoms with Crippen molar-refractivity contribution in [1.82, 2.24) is 4.98 Å². The summed E-state index contributed by atoms with van der Waals surface area (Å²) < 4.78 is 5.72. The summed E-state index contributed by atoms with van der Waals surface area (Å²) in [6.07, 6.45) is 3.38. The van der Waals surface area contributed by atoms with Crippen molar-refractivity contribution >= 4 is 40.5 Å². The lowest BCUT2D eigenvalue weighted by molar-refractivity contribution is -0.384. The molecule has 0 radical (unpaired) electrons. The molecule has 1 heterocycles. The molecule has 27 heavy (non-hydrogen) atoms. The number of fused-ring (bicyclic) bond motifs is 1. The molecule has 132 valence electrons. The molecule has 0 saturated carbocycles. The van der Waals surface area contributed by atoms with E-state index < -0.39 is 4.92 Å². The van der Waals surface area contributed by atoms with Crippen LogP contribution in [-0.2, 0) is 0 Å². The Morgan fingerprint density at radius 3 is 2.56 bits per heavy atom. The minimum absolute atomic E-state index is 0.104. The third kappa shape index (κ3) is 3.59. The van der Waals surface area contributed by atoms with Gasteiger partial charge in [0.25, 0.3) is 5.69 Å². The summed E-state index contributed by atoms with van der Waals surface area (Å²) in [7, 11) is 0. The Morgan fingerprint density at radius 1 is 0.963 bits per heavy atom. The molecule has 0 aliphatic carbocycles. The molecule has 4 aromatic rings. The summed E-state index contributed by atoms with van der Waals surface area (Å²) >= 11 is 5.83. The van der Waals surface area contributed by atoms with Gasteiger partial charge >= 0.3 is 0 Å². The van der Waals surface area contributed by atoms with Gasteiger partial charge in [0, 0.05) is 12.1 Å². The summed E-state index contributed by atoms with van der Waals surface area (Å²) in [6.45, 7) is 0. The van der Waals surface area contributed by atoms with E-state index in [2.05, 4.69) is 4.98 Å². The summed E-state index contributed by atoms with van der Waals surface area (Å²) in [6, 6.07) is 20.5. The molecule has 6 heteroatoms. The first-order valence-electron chi connectivity index (χ1n) is 8.18. The molecule has 0 aliphatic rings. The lowest BCUT2D eigenvalue weighted by atomic mass is 10.1. The van der Waals surface area contributed by atoms with Crippen LogP contribution in [0.5, 0.6) is 0 Å². The van der Waals surface area contributed by atoms with Gasteiger partial charge in [-0.05, 0) is 41.0 Å². The van der Waals surface area contributed by atoms with Crippen LogP contribution in [0.2, 0.25) is 5.02 Å². The quantitative estimate of drug-likeness (QED) is 0.313. The predicted molar refractivity (Wildman–Crippen MR) is 106 cm³/mol. The van der Waals surface area contributed by atoms with Gasteiger partial charge in [-0.3, -0.25) is 10.1 Å². The van der Waals surface area contributed by atoms with Crippen LogP contribution in [0.15, 0.2) is 71.1 Å². The Bertz CT molecular complexity index is 1170. The van der Waals surface area contributed by atoms with Crippen LogP contribution >= 0.6 is 11.6 Å². The van der Waals surface area contributed by atoms with Crippen molar-refractivity contribution < 1.29 is 9.34 Å². The zero-order chi connectivity index (χ0) is 18.8. The largest absolute Gasteiger partial charge is 0.437 e. The summed E-state index contributed by atoms with van der Waals surface area (Å²) in [5.41, 5.74) is 4.09. The van der Waals surface area contributed by atoms with Gasteiger partial charge in [0.1, 0.15) is 10.5 Å². The van der Waals surface area contributed by atoms with E-state index >= 15 is 0 Å². The molecular formula is C21H13ClN2O3. The topological polar surface area (TPSA) is 69.2 Å². The molecule has 4 rings (SSSR count). The number of oxazole rings is 1. The zero-order valence-electron chi connectivity index (χ0n) is 14.0. The molecule has 0 fully saturated rings. The van der Waals surface area contributed by atoms with Crippen LogP contribution in [0.25, 0.3) is 34.4 Å². The highest BCUT2D eigenvalue weighted by atomic mass is 35.5. The number of nitrogens with zero attached hydrogens (tertiary/aromatic N) is 2. The first kappa shape index (κ1) is 17.0. The monoisotopic (exact) mass is 376 g/mol. The highest BCUT2D eigenvalue weighted by molar-refractivity contribution is 6.32. The fraction of sp³-hybridized carbons (Fsp3) is 0. The molecule has 1 aromatic heterocycles. The van der Waals surface area contributed by atoms with Gasteiger partial charge < -0.3 is 4.42 Å². The van der Waals surface area contributed by atoms with Gasteiger partial charge in [-0.1, -0.05) is 54.1 Å². The first-order chi connectivity index (χ1) is 13.1. The van der Waals surface area contributed by atoms with Crippen molar-refractivity contribution in [3.05, 3.63) is 93.3 Å². The van der Waals surface area contributed by atoms with Gasteiger partial charge in [0.15, 0.2) is 5.58 Å². The molecule has 0 saturated heterocycles. The number of benzene rings is 3. The summed E-state index contributed by atoms with van der Waals surface area (Å²) in [5.74, 6) is 0.424. The maximum Gasteiger partial charge on any atom is 0.288 e. The SMILES string of the molecule is O=[N+]([O-])c1cc(C=Cc2nc3cc(-c4ccccc4)ccc3o2)ccc1Cl. The number of nitro benzene ring substituents is 1. The minimum atomic E-state index is -0.510. The van der Waals surface area contributed by atoms with Crippen LogP contribution in [0, 0.1) is 10.1 Å². The highest BCUT2D eigenvalue weighted by Crippen LogP contribution is 2.27. The lowest BCUT2D eigenvalue weighted by Crippen LogP contribution is -1.89. The molecule has 0 bridgehead atoms. The van der Waals surface area contributed by atoms with Crippen LogP contribution in [0.4, 0.5) is 5.69 Å². The van der Waals surface area contributed by atoms with E-state index in [-0.39, 0.29) is 10.7 Å². The third-order valence-electron chi connectivity index (χ3n) is 4.10. The van der Waals surface area contributed by atoms with Gasteiger partial charge in [-0.25, -0.2) is 4.98 Å². The first-order valence-corrected chi connectivity index (χ1v) is 8.56. The van der Waals surface area contributed by atoms with Crippen molar-refractivity contribution in [2.45, 2.75) is 0 Å². The molecule has 5 nitrogen and oxygen atoms in total. The van der Waals surface area contributed by atoms with E-state index in [1.165, 1.54) is 12.1 Å². The van der Waals surface area contributed by atoms with Crippen molar-refractivity contribution in [3.63, 3.8) is 0 Å². The highest BCUT2D eigenvalue weighted by Gasteiger charge is 2.12. The fourth-order valence-electron chi connectivity index (χ4n) is 2.77. The number of rotatable bonds is 4. The molecule has 0 atom stereocenters. The number of hydrogen-bond donors (Lipinski definition) is 0. The fourth-order valence-corrected chi connectivity index (χ4v) is 2.95. The summed E-state index contributed by atoms with van der Waals surface area (Å²) in [5, 5.41) is 11.1. The van der Waals surface area contributed by atoms with Crippen LogP contribution in [0.1, 0.15) is 11.5 Å². The Balaban J connectivity index is 1.64. The normalized spacial score (nSPS) is 11.3. The van der Waals surface area contributed by atoms with Gasteiger partial charge in [-0.2, -0.15) is 0 Å². The van der Waals surface area contributed by atoms with Gasteiger partial charge in [-0.15, -0.1) is 0 Å². The second-order valence-corrected chi connectivity index (χ2v) is 6.31. The van der Waals surface area contributed by atoms with E-state index in [9.17, 15) is 10.1 Å². The van der Waals surface area contributed by atoms with Gasteiger partial charge in [0.05, 0.1) is 4.92 Å². The van der Waals surface area contributed by atoms with Crippen LogP contribution < -0.4 is 0 Å². The maximum absolute atomic E-state index is 11.0. The maximum atomic E-state index is 11.0. The Hall–Kier alpha value is -3.44. The molecule has 0 aliphatic heterocycles. The van der Waals surface area contributed by atoms with E-state index in [0.717, 1.165) is 16.6 Å². The third-order valence-corrected chi connectivity index (χ3v) is 4.42. The van der Waals surface area contributed by atoms with E-state index in [1.807, 2.05) is 48.5 Å². The van der Waals surface area contributed by atoms with Crippen LogP contribution in [-0.4, -0.2) is 9.91 Å². The summed E-state index contributed by atoms with van der Waals surface area (Å²) in [4.78, 5) is 14.9. The molecule has 0 N–H and O–H groups in total. The van der Waals surface area contributed by atoms with E-state index in [4.69, 9.17) is 16.0 Å². The smallest absolute Gasteiger partial charge is 0.288 e. The number of aromatic nitrogens is 1. The average molecular weight is 377 g/mol. The number of hydrogen-bond acceptors (Lipinski definition) is 4. The predicted octanol–water partition coefficient (Wildman–Crippen LogP) is 6.23. The molecule has 0 spiro atoms. The van der Waals surface area contributed by atoms with E-state index in [1.54, 1.807) is 18.2 Å². The molecular weight excluding hydrogens is 364 g/mol. The average Bonchev–Trinajstić information content (AvgIpc) is 3.10. The number of halogens is 1. The van der Waals surface area contributed by atoms with Crippen molar-refractivity contribution in [2.24, 2.45) is 0 Å². The Labute approximate surface area is 159 Å². The minimum Gasteiger partial charge on any atom is -0.437 e. The van der Waals surface area contributed by atoms with Crippen LogP contribution in [0.3, 0.4) is 0 Å².